The van der Waals surface area contributed by atoms with E-state index in [2.05, 4.69) is 47.5 Å². The lowest BCUT2D eigenvalue weighted by atomic mass is 9.93. The van der Waals surface area contributed by atoms with E-state index < -0.39 is 0 Å². The van der Waals surface area contributed by atoms with E-state index in [4.69, 9.17) is 0 Å². The maximum Gasteiger partial charge on any atom is 0.220 e. The zero-order chi connectivity index (χ0) is 16.1. The molecule has 1 aromatic carbocycles. The van der Waals surface area contributed by atoms with Crippen LogP contribution < -0.4 is 5.32 Å². The van der Waals surface area contributed by atoms with Gasteiger partial charge in [0.1, 0.15) is 0 Å². The fraction of sp³-hybridized carbons (Fsp3) is 0.650. The van der Waals surface area contributed by atoms with Gasteiger partial charge in [0.05, 0.1) is 0 Å². The second kappa shape index (κ2) is 7.96. The van der Waals surface area contributed by atoms with Gasteiger partial charge in [-0.05, 0) is 69.5 Å². The molecular weight excluding hydrogens is 284 g/mol. The molecule has 3 nitrogen and oxygen atoms in total. The molecule has 0 bridgehead atoms. The third-order valence-electron chi connectivity index (χ3n) is 5.46. The smallest absolute Gasteiger partial charge is 0.220 e. The Morgan fingerprint density at radius 2 is 1.87 bits per heavy atom. The highest BCUT2D eigenvalue weighted by atomic mass is 16.1. The Labute approximate surface area is 140 Å². The van der Waals surface area contributed by atoms with Crippen molar-refractivity contribution in [2.24, 2.45) is 11.8 Å². The molecule has 1 saturated carbocycles. The first-order valence-corrected chi connectivity index (χ1v) is 9.26. The van der Waals surface area contributed by atoms with Crippen LogP contribution in [0.2, 0.25) is 0 Å². The first-order valence-electron chi connectivity index (χ1n) is 9.26. The van der Waals surface area contributed by atoms with Gasteiger partial charge in [-0.3, -0.25) is 4.79 Å². The quantitative estimate of drug-likeness (QED) is 0.838. The monoisotopic (exact) mass is 314 g/mol. The van der Waals surface area contributed by atoms with Crippen LogP contribution in [0.15, 0.2) is 30.3 Å². The Kier molecular flexibility index (Phi) is 5.71. The van der Waals surface area contributed by atoms with Crippen molar-refractivity contribution in [3.63, 3.8) is 0 Å². The molecule has 1 saturated heterocycles. The summed E-state index contributed by atoms with van der Waals surface area (Å²) in [6.45, 7) is 5.58. The zero-order valence-corrected chi connectivity index (χ0v) is 14.3. The number of hydrogen-bond acceptors (Lipinski definition) is 2. The molecule has 1 N–H and O–H groups in total. The van der Waals surface area contributed by atoms with Gasteiger partial charge >= 0.3 is 0 Å². The summed E-state index contributed by atoms with van der Waals surface area (Å²) in [5, 5.41) is 3.19. The van der Waals surface area contributed by atoms with E-state index in [-0.39, 0.29) is 5.91 Å². The Morgan fingerprint density at radius 3 is 2.52 bits per heavy atom. The van der Waals surface area contributed by atoms with E-state index >= 15 is 0 Å². The van der Waals surface area contributed by atoms with Crippen molar-refractivity contribution in [2.45, 2.75) is 51.5 Å². The lowest BCUT2D eigenvalue weighted by molar-refractivity contribution is -0.123. The number of carbonyl (C=O) groups is 1. The summed E-state index contributed by atoms with van der Waals surface area (Å²) < 4.78 is 0. The second-order valence-electron chi connectivity index (χ2n) is 7.42. The van der Waals surface area contributed by atoms with Crippen molar-refractivity contribution in [1.29, 1.82) is 0 Å². The standard InChI is InChI=1S/C20H30N2O/c1-16(19-7-8-19)21-20(23)15-18-10-13-22(14-11-18)12-9-17-5-3-2-4-6-17/h2-6,16,18-19H,7-15H2,1H3,(H,21,23)/t16-/m0/s1. The molecule has 126 valence electrons. The fourth-order valence-electron chi connectivity index (χ4n) is 3.64. The number of piperidine rings is 1. The SMILES string of the molecule is C[C@H](NC(=O)CC1CCN(CCc2ccccc2)CC1)C1CC1. The second-order valence-corrected chi connectivity index (χ2v) is 7.42. The summed E-state index contributed by atoms with van der Waals surface area (Å²) >= 11 is 0. The largest absolute Gasteiger partial charge is 0.353 e. The maximum absolute atomic E-state index is 12.1. The van der Waals surface area contributed by atoms with Crippen molar-refractivity contribution in [3.05, 3.63) is 35.9 Å². The third-order valence-corrected chi connectivity index (χ3v) is 5.46. The summed E-state index contributed by atoms with van der Waals surface area (Å²) in [4.78, 5) is 14.7. The lowest BCUT2D eigenvalue weighted by Gasteiger charge is -2.32. The van der Waals surface area contributed by atoms with Gasteiger partial charge in [0, 0.05) is 19.0 Å². The average Bonchev–Trinajstić information content (AvgIpc) is 3.40. The van der Waals surface area contributed by atoms with Crippen LogP contribution in [0.4, 0.5) is 0 Å². The molecule has 0 radical (unpaired) electrons. The molecule has 1 aromatic rings. The molecule has 0 unspecified atom stereocenters. The molecule has 0 spiro atoms. The van der Waals surface area contributed by atoms with Gasteiger partial charge < -0.3 is 10.2 Å². The number of carbonyl (C=O) groups excluding carboxylic acids is 1. The molecule has 1 aliphatic carbocycles. The number of rotatable bonds is 7. The molecule has 1 heterocycles. The number of nitrogens with one attached hydrogen (secondary N) is 1. The maximum atomic E-state index is 12.1. The van der Waals surface area contributed by atoms with Crippen LogP contribution >= 0.6 is 0 Å². The van der Waals surface area contributed by atoms with Crippen LogP contribution in [0.5, 0.6) is 0 Å². The predicted molar refractivity (Wildman–Crippen MR) is 94.3 cm³/mol. The van der Waals surface area contributed by atoms with E-state index in [0.29, 0.717) is 12.0 Å². The fourth-order valence-corrected chi connectivity index (χ4v) is 3.64. The van der Waals surface area contributed by atoms with Gasteiger partial charge in [-0.1, -0.05) is 30.3 Å². The molecular formula is C20H30N2O. The molecule has 1 atom stereocenters. The summed E-state index contributed by atoms with van der Waals surface area (Å²) in [5.74, 6) is 1.60. The van der Waals surface area contributed by atoms with Crippen LogP contribution in [0.25, 0.3) is 0 Å². The van der Waals surface area contributed by atoms with Crippen LogP contribution in [-0.2, 0) is 11.2 Å². The topological polar surface area (TPSA) is 32.3 Å². The van der Waals surface area contributed by atoms with Gasteiger partial charge in [0.15, 0.2) is 0 Å². The highest BCUT2D eigenvalue weighted by molar-refractivity contribution is 5.76. The van der Waals surface area contributed by atoms with Crippen LogP contribution in [0.1, 0.15) is 44.6 Å². The molecule has 0 aromatic heterocycles. The summed E-state index contributed by atoms with van der Waals surface area (Å²) in [7, 11) is 0. The molecule has 1 amide bonds. The Hall–Kier alpha value is -1.35. The van der Waals surface area contributed by atoms with E-state index in [0.717, 1.165) is 38.4 Å². The number of amides is 1. The van der Waals surface area contributed by atoms with Gasteiger partial charge in [0.2, 0.25) is 5.91 Å². The van der Waals surface area contributed by atoms with Gasteiger partial charge in [-0.2, -0.15) is 0 Å². The zero-order valence-electron chi connectivity index (χ0n) is 14.3. The molecule has 2 fully saturated rings. The van der Waals surface area contributed by atoms with Crippen molar-refractivity contribution >= 4 is 5.91 Å². The Balaban J connectivity index is 1.32. The molecule has 23 heavy (non-hydrogen) atoms. The van der Waals surface area contributed by atoms with Crippen molar-refractivity contribution in [1.82, 2.24) is 10.2 Å². The lowest BCUT2D eigenvalue weighted by Crippen LogP contribution is -2.39. The van der Waals surface area contributed by atoms with Crippen molar-refractivity contribution < 1.29 is 4.79 Å². The van der Waals surface area contributed by atoms with Crippen molar-refractivity contribution in [2.75, 3.05) is 19.6 Å². The minimum absolute atomic E-state index is 0.270. The third kappa shape index (κ3) is 5.35. The number of benzene rings is 1. The highest BCUT2D eigenvalue weighted by Gasteiger charge is 2.29. The predicted octanol–water partition coefficient (Wildman–Crippen LogP) is 3.25. The van der Waals surface area contributed by atoms with Crippen LogP contribution in [-0.4, -0.2) is 36.5 Å². The number of hydrogen-bond donors (Lipinski definition) is 1. The Bertz CT molecular complexity index is 490. The Morgan fingerprint density at radius 1 is 1.17 bits per heavy atom. The normalized spacial score (nSPS) is 21.1. The first-order chi connectivity index (χ1) is 11.2. The molecule has 1 aliphatic heterocycles. The van der Waals surface area contributed by atoms with E-state index in [1.807, 2.05) is 0 Å². The molecule has 2 aliphatic rings. The number of nitrogens with zero attached hydrogens (tertiary/aromatic N) is 1. The van der Waals surface area contributed by atoms with Crippen LogP contribution in [0, 0.1) is 11.8 Å². The summed E-state index contributed by atoms with van der Waals surface area (Å²) in [6.07, 6.45) is 6.77. The average molecular weight is 314 g/mol. The summed E-state index contributed by atoms with van der Waals surface area (Å²) in [5.41, 5.74) is 1.42. The van der Waals surface area contributed by atoms with Crippen LogP contribution in [0.3, 0.4) is 0 Å². The van der Waals surface area contributed by atoms with Crippen molar-refractivity contribution in [3.8, 4) is 0 Å². The van der Waals surface area contributed by atoms with E-state index in [9.17, 15) is 4.79 Å². The summed E-state index contributed by atoms with van der Waals surface area (Å²) in [6, 6.07) is 11.1. The highest BCUT2D eigenvalue weighted by Crippen LogP contribution is 2.32. The van der Waals surface area contributed by atoms with Gasteiger partial charge in [-0.25, -0.2) is 0 Å². The minimum Gasteiger partial charge on any atom is -0.353 e. The number of likely N-dealkylation sites (tertiary alicyclic amines) is 1. The van der Waals surface area contributed by atoms with Gasteiger partial charge in [0.25, 0.3) is 0 Å². The molecule has 3 rings (SSSR count). The van der Waals surface area contributed by atoms with E-state index in [1.165, 1.54) is 31.2 Å². The van der Waals surface area contributed by atoms with Gasteiger partial charge in [-0.15, -0.1) is 0 Å². The first kappa shape index (κ1) is 16.5. The van der Waals surface area contributed by atoms with E-state index in [1.54, 1.807) is 0 Å². The minimum atomic E-state index is 0.270. The molecule has 3 heteroatoms.